The number of fused-ring (bicyclic) bond motifs is 1. The van der Waals surface area contributed by atoms with Crippen LogP contribution in [0.1, 0.15) is 60.2 Å². The lowest BCUT2D eigenvalue weighted by atomic mass is 9.78. The van der Waals surface area contributed by atoms with Crippen LogP contribution in [0.4, 0.5) is 18.0 Å². The summed E-state index contributed by atoms with van der Waals surface area (Å²) in [5, 5.41) is 0. The Balaban J connectivity index is 1.66. The van der Waals surface area contributed by atoms with Crippen LogP contribution in [0, 0.1) is 25.7 Å². The number of halogens is 3. The van der Waals surface area contributed by atoms with Crippen LogP contribution in [0.2, 0.25) is 0 Å². The van der Waals surface area contributed by atoms with E-state index in [4.69, 9.17) is 0 Å². The average Bonchev–Trinajstić information content (AvgIpc) is 3.26. The summed E-state index contributed by atoms with van der Waals surface area (Å²) in [6.45, 7) is 8.81. The van der Waals surface area contributed by atoms with Gasteiger partial charge in [-0.3, -0.25) is 4.79 Å². The maximum Gasteiger partial charge on any atom is 0.416 e. The number of likely N-dealkylation sites (tertiary alicyclic amines) is 2. The van der Waals surface area contributed by atoms with Gasteiger partial charge in [0.1, 0.15) is 0 Å². The zero-order valence-corrected chi connectivity index (χ0v) is 21.5. The smallest absolute Gasteiger partial charge is 0.342 e. The normalized spacial score (nSPS) is 22.8. The molecule has 8 heteroatoms. The first kappa shape index (κ1) is 26.0. The van der Waals surface area contributed by atoms with Gasteiger partial charge in [0.2, 0.25) is 5.91 Å². The van der Waals surface area contributed by atoms with E-state index in [9.17, 15) is 22.8 Å². The number of carbonyl (C=O) groups excluding carboxylic acids is 2. The maximum absolute atomic E-state index is 13.9. The molecule has 194 valence electrons. The molecule has 1 unspecified atom stereocenters. The maximum atomic E-state index is 13.9. The number of benzene rings is 2. The zero-order valence-electron chi connectivity index (χ0n) is 21.5. The van der Waals surface area contributed by atoms with Crippen molar-refractivity contribution in [1.29, 1.82) is 0 Å². The fourth-order valence-corrected chi connectivity index (χ4v) is 5.83. The van der Waals surface area contributed by atoms with Crippen molar-refractivity contribution in [3.8, 4) is 0 Å². The van der Waals surface area contributed by atoms with Crippen LogP contribution in [0.25, 0.3) is 0 Å². The molecule has 0 aromatic heterocycles. The Labute approximate surface area is 210 Å². The van der Waals surface area contributed by atoms with Gasteiger partial charge in [-0.2, -0.15) is 13.2 Å². The Morgan fingerprint density at radius 1 is 1.08 bits per heavy atom. The summed E-state index contributed by atoms with van der Waals surface area (Å²) in [6.07, 6.45) is -3.67. The van der Waals surface area contributed by atoms with Gasteiger partial charge >= 0.3 is 12.2 Å². The first-order chi connectivity index (χ1) is 16.9. The highest BCUT2D eigenvalue weighted by Crippen LogP contribution is 2.45. The van der Waals surface area contributed by atoms with E-state index < -0.39 is 17.8 Å². The number of amides is 3. The van der Waals surface area contributed by atoms with Crippen molar-refractivity contribution in [3.05, 3.63) is 70.3 Å². The standard InChI is InChI=1S/C28H34F3N3O2/c1-17-12-22(14-23(13-17)28(29,30)31)19(3)32(5)27(36)34-11-10-21-15-33(20(4)35)16-25(21)26(34)24-9-7-6-8-18(24)2/h6-9,12-14,19,21,25-26H,10-11,15-16H2,1-5H3/t19-,21-,25?,26+/m1/s1. The van der Waals surface area contributed by atoms with Crippen molar-refractivity contribution >= 4 is 11.9 Å². The van der Waals surface area contributed by atoms with Crippen LogP contribution in [0.15, 0.2) is 42.5 Å². The van der Waals surface area contributed by atoms with Crippen LogP contribution in [-0.4, -0.2) is 53.3 Å². The highest BCUT2D eigenvalue weighted by atomic mass is 19.4. The molecule has 36 heavy (non-hydrogen) atoms. The second-order valence-corrected chi connectivity index (χ2v) is 10.3. The summed E-state index contributed by atoms with van der Waals surface area (Å²) in [5.41, 5.74) is 2.37. The molecule has 2 aliphatic heterocycles. The fraction of sp³-hybridized carbons (Fsp3) is 0.500. The Bertz CT molecular complexity index is 1150. The number of hydrogen-bond donors (Lipinski definition) is 0. The van der Waals surface area contributed by atoms with Gasteiger partial charge in [0.15, 0.2) is 0 Å². The van der Waals surface area contributed by atoms with Gasteiger partial charge in [-0.05, 0) is 61.9 Å². The van der Waals surface area contributed by atoms with E-state index >= 15 is 0 Å². The van der Waals surface area contributed by atoms with Crippen molar-refractivity contribution < 1.29 is 22.8 Å². The summed E-state index contributed by atoms with van der Waals surface area (Å²) in [4.78, 5) is 31.4. The van der Waals surface area contributed by atoms with Crippen LogP contribution in [0.5, 0.6) is 0 Å². The van der Waals surface area contributed by atoms with Crippen molar-refractivity contribution in [3.63, 3.8) is 0 Å². The van der Waals surface area contributed by atoms with Gasteiger partial charge in [0, 0.05) is 39.5 Å². The van der Waals surface area contributed by atoms with Crippen LogP contribution >= 0.6 is 0 Å². The minimum atomic E-state index is -4.45. The van der Waals surface area contributed by atoms with Gasteiger partial charge in [-0.1, -0.05) is 35.9 Å². The monoisotopic (exact) mass is 501 g/mol. The topological polar surface area (TPSA) is 43.9 Å². The lowest BCUT2D eigenvalue weighted by Gasteiger charge is -2.45. The average molecular weight is 502 g/mol. The number of alkyl halides is 3. The first-order valence-electron chi connectivity index (χ1n) is 12.4. The number of piperidine rings is 1. The third-order valence-corrected chi connectivity index (χ3v) is 7.96. The number of urea groups is 1. The van der Waals surface area contributed by atoms with Gasteiger partial charge in [0.05, 0.1) is 17.6 Å². The van der Waals surface area contributed by atoms with E-state index in [0.717, 1.165) is 29.7 Å². The molecule has 2 aliphatic rings. The Hall–Kier alpha value is -3.03. The molecular weight excluding hydrogens is 467 g/mol. The zero-order chi connectivity index (χ0) is 26.4. The van der Waals surface area contributed by atoms with E-state index in [1.54, 1.807) is 33.9 Å². The van der Waals surface area contributed by atoms with E-state index in [-0.39, 0.29) is 23.9 Å². The predicted molar refractivity (Wildman–Crippen MR) is 132 cm³/mol. The molecule has 0 aliphatic carbocycles. The predicted octanol–water partition coefficient (Wildman–Crippen LogP) is 5.98. The van der Waals surface area contributed by atoms with Crippen molar-refractivity contribution in [1.82, 2.24) is 14.7 Å². The molecule has 0 N–H and O–H groups in total. The summed E-state index contributed by atoms with van der Waals surface area (Å²) in [5.74, 6) is 0.445. The summed E-state index contributed by atoms with van der Waals surface area (Å²) < 4.78 is 40.3. The highest BCUT2D eigenvalue weighted by Gasteiger charge is 2.47. The quantitative estimate of drug-likeness (QED) is 0.520. The second-order valence-electron chi connectivity index (χ2n) is 10.3. The van der Waals surface area contributed by atoms with Crippen molar-refractivity contribution in [2.45, 2.75) is 52.4 Å². The largest absolute Gasteiger partial charge is 0.416 e. The molecule has 2 aromatic carbocycles. The second kappa shape index (κ2) is 9.79. The first-order valence-corrected chi connectivity index (χ1v) is 12.4. The van der Waals surface area contributed by atoms with Crippen LogP contribution in [-0.2, 0) is 11.0 Å². The number of carbonyl (C=O) groups is 2. The SMILES string of the molecule is CC(=O)N1CC2[C@H](CCN(C(=O)N(C)[C@H](C)c3cc(C)cc(C(F)(F)F)c3)[C@H]2c2ccccc2C)C1. The third-order valence-electron chi connectivity index (χ3n) is 7.96. The summed E-state index contributed by atoms with van der Waals surface area (Å²) in [7, 11) is 1.65. The number of aryl methyl sites for hydroxylation is 2. The molecule has 2 saturated heterocycles. The third kappa shape index (κ3) is 4.95. The van der Waals surface area contributed by atoms with Crippen molar-refractivity contribution in [2.24, 2.45) is 11.8 Å². The molecule has 0 radical (unpaired) electrons. The molecule has 0 bridgehead atoms. The molecule has 3 amide bonds. The van der Waals surface area contributed by atoms with E-state index in [1.807, 2.05) is 41.0 Å². The lowest BCUT2D eigenvalue weighted by Crippen LogP contribution is -2.51. The molecule has 4 rings (SSSR count). The van der Waals surface area contributed by atoms with Crippen molar-refractivity contribution in [2.75, 3.05) is 26.7 Å². The minimum Gasteiger partial charge on any atom is -0.342 e. The Morgan fingerprint density at radius 2 is 1.78 bits per heavy atom. The molecule has 2 fully saturated rings. The molecule has 0 spiro atoms. The van der Waals surface area contributed by atoms with Crippen LogP contribution < -0.4 is 0 Å². The summed E-state index contributed by atoms with van der Waals surface area (Å²) in [6, 6.07) is 11.0. The molecule has 5 nitrogen and oxygen atoms in total. The van der Waals surface area contributed by atoms with Gasteiger partial charge in [-0.15, -0.1) is 0 Å². The van der Waals surface area contributed by atoms with E-state index in [1.165, 1.54) is 4.90 Å². The lowest BCUT2D eigenvalue weighted by molar-refractivity contribution is -0.137. The van der Waals surface area contributed by atoms with E-state index in [0.29, 0.717) is 36.7 Å². The van der Waals surface area contributed by atoms with E-state index in [2.05, 4.69) is 0 Å². The van der Waals surface area contributed by atoms with Crippen LogP contribution in [0.3, 0.4) is 0 Å². The summed E-state index contributed by atoms with van der Waals surface area (Å²) >= 11 is 0. The van der Waals surface area contributed by atoms with Gasteiger partial charge in [0.25, 0.3) is 0 Å². The number of nitrogens with zero attached hydrogens (tertiary/aromatic N) is 3. The molecule has 4 atom stereocenters. The fourth-order valence-electron chi connectivity index (χ4n) is 5.83. The van der Waals surface area contributed by atoms with Gasteiger partial charge in [-0.25, -0.2) is 4.79 Å². The Morgan fingerprint density at radius 3 is 2.42 bits per heavy atom. The highest BCUT2D eigenvalue weighted by molar-refractivity contribution is 5.76. The minimum absolute atomic E-state index is 0.0384. The molecule has 0 saturated carbocycles. The molecule has 2 heterocycles. The van der Waals surface area contributed by atoms with Gasteiger partial charge < -0.3 is 14.7 Å². The molecule has 2 aromatic rings. The Kier molecular flexibility index (Phi) is 7.08. The number of rotatable bonds is 3. The molecular formula is C28H34F3N3O2. The number of hydrogen-bond acceptors (Lipinski definition) is 2.